The Hall–Kier alpha value is -2.81. The molecule has 1 aliphatic rings. The normalized spacial score (nSPS) is 12.2. The summed E-state index contributed by atoms with van der Waals surface area (Å²) in [5.41, 5.74) is 7.12. The molecule has 0 N–H and O–H groups in total. The maximum atomic E-state index is 5.49. The Bertz CT molecular complexity index is 902. The second kappa shape index (κ2) is 6.00. The maximum Gasteiger partial charge on any atom is 0.128 e. The van der Waals surface area contributed by atoms with Gasteiger partial charge in [0.25, 0.3) is 0 Å². The number of methoxy groups -OCH3 is 2. The number of benzene rings is 2. The number of nitrogens with zero attached hydrogens (tertiary/aromatic N) is 1. The van der Waals surface area contributed by atoms with Crippen molar-refractivity contribution in [3.05, 3.63) is 65.9 Å². The van der Waals surface area contributed by atoms with Crippen LogP contribution >= 0.6 is 0 Å². The summed E-state index contributed by atoms with van der Waals surface area (Å²) in [6, 6.07) is 16.5. The molecule has 1 aromatic heterocycles. The summed E-state index contributed by atoms with van der Waals surface area (Å²) in [4.78, 5) is 4.67. The van der Waals surface area contributed by atoms with E-state index in [9.17, 15) is 0 Å². The van der Waals surface area contributed by atoms with E-state index >= 15 is 0 Å². The van der Waals surface area contributed by atoms with Crippen LogP contribution in [0.3, 0.4) is 0 Å². The molecule has 1 heterocycles. The average Bonchev–Trinajstić information content (AvgIpc) is 2.66. The van der Waals surface area contributed by atoms with Crippen molar-refractivity contribution >= 4 is 0 Å². The third kappa shape index (κ3) is 2.42. The Kier molecular flexibility index (Phi) is 3.69. The average molecular weight is 317 g/mol. The molecule has 24 heavy (non-hydrogen) atoms. The molecule has 0 unspecified atom stereocenters. The van der Waals surface area contributed by atoms with Gasteiger partial charge in [0.2, 0.25) is 0 Å². The van der Waals surface area contributed by atoms with Gasteiger partial charge in [-0.1, -0.05) is 18.2 Å². The summed E-state index contributed by atoms with van der Waals surface area (Å²) in [6.07, 6.45) is 4.04. The molecular weight excluding hydrogens is 298 g/mol. The van der Waals surface area contributed by atoms with Gasteiger partial charge in [-0.2, -0.15) is 0 Å². The lowest BCUT2D eigenvalue weighted by atomic mass is 9.86. The van der Waals surface area contributed by atoms with Crippen LogP contribution in [0.4, 0.5) is 0 Å². The predicted octanol–water partition coefficient (Wildman–Crippen LogP) is 4.53. The van der Waals surface area contributed by atoms with Gasteiger partial charge < -0.3 is 9.47 Å². The summed E-state index contributed by atoms with van der Waals surface area (Å²) in [5.74, 6) is 1.76. The van der Waals surface area contributed by atoms with E-state index in [1.165, 1.54) is 22.3 Å². The molecule has 3 aromatic rings. The SMILES string of the molecule is COc1ccc2c(c1)CCc1cnc(-c3ccccc3OC)cc1-2. The molecule has 2 aromatic carbocycles. The molecule has 0 radical (unpaired) electrons. The third-order valence-electron chi connectivity index (χ3n) is 4.64. The van der Waals surface area contributed by atoms with Crippen molar-refractivity contribution in [2.45, 2.75) is 12.8 Å². The molecule has 1 aliphatic carbocycles. The number of rotatable bonds is 3. The molecule has 120 valence electrons. The van der Waals surface area contributed by atoms with E-state index < -0.39 is 0 Å². The number of para-hydroxylation sites is 1. The molecule has 3 nitrogen and oxygen atoms in total. The first-order chi connectivity index (χ1) is 11.8. The van der Waals surface area contributed by atoms with E-state index in [-0.39, 0.29) is 0 Å². The number of ether oxygens (including phenoxy) is 2. The molecule has 0 bridgehead atoms. The van der Waals surface area contributed by atoms with Crippen molar-refractivity contribution in [2.24, 2.45) is 0 Å². The van der Waals surface area contributed by atoms with Gasteiger partial charge in [-0.05, 0) is 65.4 Å². The highest BCUT2D eigenvalue weighted by Crippen LogP contribution is 2.38. The fourth-order valence-corrected chi connectivity index (χ4v) is 3.37. The molecule has 0 atom stereocenters. The summed E-state index contributed by atoms with van der Waals surface area (Å²) in [6.45, 7) is 0. The zero-order chi connectivity index (χ0) is 16.5. The minimum absolute atomic E-state index is 0.843. The predicted molar refractivity (Wildman–Crippen MR) is 95.6 cm³/mol. The van der Waals surface area contributed by atoms with Gasteiger partial charge in [-0.25, -0.2) is 0 Å². The second-order valence-electron chi connectivity index (χ2n) is 5.95. The lowest BCUT2D eigenvalue weighted by molar-refractivity contribution is 0.414. The monoisotopic (exact) mass is 317 g/mol. The van der Waals surface area contributed by atoms with Gasteiger partial charge in [-0.15, -0.1) is 0 Å². The second-order valence-corrected chi connectivity index (χ2v) is 5.95. The molecule has 0 saturated heterocycles. The largest absolute Gasteiger partial charge is 0.497 e. The van der Waals surface area contributed by atoms with E-state index in [1.807, 2.05) is 36.5 Å². The Morgan fingerprint density at radius 1 is 0.792 bits per heavy atom. The minimum atomic E-state index is 0.843. The molecule has 3 heteroatoms. The number of hydrogen-bond acceptors (Lipinski definition) is 3. The van der Waals surface area contributed by atoms with Crippen molar-refractivity contribution < 1.29 is 9.47 Å². The number of pyridine rings is 1. The maximum absolute atomic E-state index is 5.49. The van der Waals surface area contributed by atoms with Gasteiger partial charge in [0.05, 0.1) is 19.9 Å². The van der Waals surface area contributed by atoms with Gasteiger partial charge in [0.1, 0.15) is 11.5 Å². The Labute approximate surface area is 141 Å². The first-order valence-electron chi connectivity index (χ1n) is 8.10. The van der Waals surface area contributed by atoms with E-state index in [0.29, 0.717) is 0 Å². The number of aryl methyl sites for hydroxylation is 2. The van der Waals surface area contributed by atoms with Gasteiger partial charge in [0, 0.05) is 11.8 Å². The molecule has 0 aliphatic heterocycles. The van der Waals surface area contributed by atoms with Crippen LogP contribution in [0.5, 0.6) is 11.5 Å². The molecule has 0 spiro atoms. The number of aromatic nitrogens is 1. The first kappa shape index (κ1) is 14.8. The van der Waals surface area contributed by atoms with E-state index in [2.05, 4.69) is 23.2 Å². The highest BCUT2D eigenvalue weighted by Gasteiger charge is 2.18. The highest BCUT2D eigenvalue weighted by molar-refractivity contribution is 5.78. The van der Waals surface area contributed by atoms with E-state index in [0.717, 1.165) is 35.6 Å². The van der Waals surface area contributed by atoms with Crippen LogP contribution in [-0.2, 0) is 12.8 Å². The first-order valence-corrected chi connectivity index (χ1v) is 8.10. The Morgan fingerprint density at radius 3 is 2.46 bits per heavy atom. The van der Waals surface area contributed by atoms with Crippen LogP contribution in [0.25, 0.3) is 22.4 Å². The zero-order valence-corrected chi connectivity index (χ0v) is 13.9. The lowest BCUT2D eigenvalue weighted by Crippen LogP contribution is -2.05. The van der Waals surface area contributed by atoms with Gasteiger partial charge in [-0.3, -0.25) is 4.98 Å². The smallest absolute Gasteiger partial charge is 0.128 e. The van der Waals surface area contributed by atoms with Crippen LogP contribution in [0.15, 0.2) is 54.7 Å². The van der Waals surface area contributed by atoms with Crippen molar-refractivity contribution in [2.75, 3.05) is 14.2 Å². The van der Waals surface area contributed by atoms with Crippen LogP contribution in [0.2, 0.25) is 0 Å². The molecule has 4 rings (SSSR count). The summed E-state index contributed by atoms with van der Waals surface area (Å²) < 4.78 is 10.8. The Morgan fingerprint density at radius 2 is 1.62 bits per heavy atom. The molecule has 0 saturated carbocycles. The van der Waals surface area contributed by atoms with Crippen LogP contribution in [0.1, 0.15) is 11.1 Å². The lowest BCUT2D eigenvalue weighted by Gasteiger charge is -2.21. The number of fused-ring (bicyclic) bond motifs is 3. The number of hydrogen-bond donors (Lipinski definition) is 0. The molecule has 0 fully saturated rings. The Balaban J connectivity index is 1.85. The summed E-state index contributed by atoms with van der Waals surface area (Å²) in [5, 5.41) is 0. The van der Waals surface area contributed by atoms with Crippen molar-refractivity contribution in [3.63, 3.8) is 0 Å². The third-order valence-corrected chi connectivity index (χ3v) is 4.64. The van der Waals surface area contributed by atoms with E-state index in [1.54, 1.807) is 14.2 Å². The quantitative estimate of drug-likeness (QED) is 0.711. The molecular formula is C21H19NO2. The standard InChI is InChI=1S/C21H19NO2/c1-23-16-9-10-17-14(11-16)7-8-15-13-22-20(12-19(15)17)18-5-3-4-6-21(18)24-2/h3-6,9-13H,7-8H2,1-2H3. The topological polar surface area (TPSA) is 31.4 Å². The van der Waals surface area contributed by atoms with Crippen LogP contribution in [-0.4, -0.2) is 19.2 Å². The van der Waals surface area contributed by atoms with Crippen molar-refractivity contribution in [1.29, 1.82) is 0 Å². The molecule has 0 amide bonds. The fraction of sp³-hybridized carbons (Fsp3) is 0.190. The highest BCUT2D eigenvalue weighted by atomic mass is 16.5. The van der Waals surface area contributed by atoms with Crippen LogP contribution < -0.4 is 9.47 Å². The van der Waals surface area contributed by atoms with Crippen molar-refractivity contribution in [3.8, 4) is 33.9 Å². The van der Waals surface area contributed by atoms with Gasteiger partial charge in [0.15, 0.2) is 0 Å². The summed E-state index contributed by atoms with van der Waals surface area (Å²) in [7, 11) is 3.40. The fourth-order valence-electron chi connectivity index (χ4n) is 3.37. The van der Waals surface area contributed by atoms with Gasteiger partial charge >= 0.3 is 0 Å². The zero-order valence-electron chi connectivity index (χ0n) is 13.9. The van der Waals surface area contributed by atoms with E-state index in [4.69, 9.17) is 9.47 Å². The van der Waals surface area contributed by atoms with Crippen LogP contribution in [0, 0.1) is 0 Å². The minimum Gasteiger partial charge on any atom is -0.497 e. The van der Waals surface area contributed by atoms with Crippen molar-refractivity contribution in [1.82, 2.24) is 4.98 Å². The summed E-state index contributed by atoms with van der Waals surface area (Å²) >= 11 is 0.